The van der Waals surface area contributed by atoms with Crippen molar-refractivity contribution in [3.8, 4) is 0 Å². The van der Waals surface area contributed by atoms with Gasteiger partial charge in [-0.2, -0.15) is 9.47 Å². The smallest absolute Gasteiger partial charge is 0.255 e. The number of hydrogen-bond acceptors (Lipinski definition) is 6. The number of nitrogens with zero attached hydrogens (tertiary/aromatic N) is 4. The molecule has 1 aliphatic heterocycles. The van der Waals surface area contributed by atoms with Gasteiger partial charge >= 0.3 is 0 Å². The van der Waals surface area contributed by atoms with E-state index >= 15 is 0 Å². The summed E-state index contributed by atoms with van der Waals surface area (Å²) in [5.41, 5.74) is 1.80. The molecular weight excluding hydrogens is 336 g/mol. The van der Waals surface area contributed by atoms with Crippen LogP contribution in [0.4, 0.5) is 5.13 Å². The fraction of sp³-hybridized carbons (Fsp3) is 0.647. The molecule has 1 spiro atoms. The number of aryl methyl sites for hydroxylation is 1. The highest BCUT2D eigenvalue weighted by atomic mass is 32.1. The average Bonchev–Trinajstić information content (AvgIpc) is 3.47. The predicted molar refractivity (Wildman–Crippen MR) is 95.0 cm³/mol. The third-order valence-electron chi connectivity index (χ3n) is 5.66. The summed E-state index contributed by atoms with van der Waals surface area (Å²) in [6.07, 6.45) is 7.60. The first kappa shape index (κ1) is 15.3. The van der Waals surface area contributed by atoms with Gasteiger partial charge in [0.25, 0.3) is 5.91 Å². The average molecular weight is 358 g/mol. The molecule has 25 heavy (non-hydrogen) atoms. The van der Waals surface area contributed by atoms with Crippen molar-refractivity contribution in [2.75, 3.05) is 18.0 Å². The van der Waals surface area contributed by atoms with Gasteiger partial charge in [0.05, 0.1) is 11.8 Å². The van der Waals surface area contributed by atoms with Gasteiger partial charge in [-0.3, -0.25) is 9.89 Å². The molecule has 2 N–H and O–H groups in total. The maximum Gasteiger partial charge on any atom is 0.255 e. The van der Waals surface area contributed by atoms with Crippen LogP contribution in [0.1, 0.15) is 59.9 Å². The van der Waals surface area contributed by atoms with Gasteiger partial charge in [-0.15, -0.1) is 0 Å². The number of piperidine rings is 1. The molecule has 1 amide bonds. The second kappa shape index (κ2) is 5.52. The Morgan fingerprint density at radius 2 is 2.28 bits per heavy atom. The number of H-pyrrole nitrogens is 1. The number of anilines is 1. The molecule has 2 aromatic rings. The molecule has 132 valence electrons. The van der Waals surface area contributed by atoms with Gasteiger partial charge < -0.3 is 10.2 Å². The topological polar surface area (TPSA) is 86.8 Å². The molecule has 3 aliphatic rings. The molecule has 0 bridgehead atoms. The summed E-state index contributed by atoms with van der Waals surface area (Å²) in [4.78, 5) is 19.7. The summed E-state index contributed by atoms with van der Waals surface area (Å²) in [7, 11) is 0. The lowest BCUT2D eigenvalue weighted by Crippen LogP contribution is -2.51. The first-order valence-corrected chi connectivity index (χ1v) is 9.79. The van der Waals surface area contributed by atoms with Crippen LogP contribution in [-0.4, -0.2) is 44.6 Å². The van der Waals surface area contributed by atoms with Crippen molar-refractivity contribution in [3.63, 3.8) is 0 Å². The zero-order valence-corrected chi connectivity index (χ0v) is 15.1. The molecule has 8 heteroatoms. The lowest BCUT2D eigenvalue weighted by Gasteiger charge is -2.38. The molecule has 0 aromatic carbocycles. The van der Waals surface area contributed by atoms with Crippen molar-refractivity contribution in [3.05, 3.63) is 23.3 Å². The van der Waals surface area contributed by atoms with E-state index in [1.54, 1.807) is 6.20 Å². The molecule has 3 fully saturated rings. The number of rotatable bonds is 4. The minimum Gasteiger partial charge on any atom is -0.347 e. The first-order chi connectivity index (χ1) is 12.1. The second-order valence-corrected chi connectivity index (χ2v) is 8.60. The summed E-state index contributed by atoms with van der Waals surface area (Å²) in [6.45, 7) is 3.73. The number of aromatic nitrogens is 4. The normalized spacial score (nSPS) is 24.5. The number of hydrogen-bond donors (Lipinski definition) is 2. The molecule has 0 radical (unpaired) electrons. The zero-order valence-electron chi connectivity index (χ0n) is 14.3. The van der Waals surface area contributed by atoms with E-state index in [-0.39, 0.29) is 11.9 Å². The van der Waals surface area contributed by atoms with Crippen LogP contribution in [0, 0.1) is 12.3 Å². The number of aromatic amines is 1. The summed E-state index contributed by atoms with van der Waals surface area (Å²) in [5, 5.41) is 11.0. The number of amides is 1. The molecule has 1 atom stereocenters. The zero-order chi connectivity index (χ0) is 17.0. The Labute approximate surface area is 150 Å². The fourth-order valence-electron chi connectivity index (χ4n) is 3.87. The number of carbonyl (C=O) groups is 1. The summed E-state index contributed by atoms with van der Waals surface area (Å²) in [6, 6.07) is 0.145. The van der Waals surface area contributed by atoms with E-state index in [2.05, 4.69) is 24.8 Å². The van der Waals surface area contributed by atoms with Crippen LogP contribution in [0.3, 0.4) is 0 Å². The van der Waals surface area contributed by atoms with Crippen molar-refractivity contribution in [2.45, 2.75) is 51.0 Å². The van der Waals surface area contributed by atoms with Crippen LogP contribution in [0.15, 0.2) is 6.20 Å². The minimum atomic E-state index is -0.0372. The lowest BCUT2D eigenvalue weighted by atomic mass is 9.91. The van der Waals surface area contributed by atoms with E-state index in [1.165, 1.54) is 37.2 Å². The Balaban J connectivity index is 1.32. The summed E-state index contributed by atoms with van der Waals surface area (Å²) < 4.78 is 4.55. The largest absolute Gasteiger partial charge is 0.347 e. The van der Waals surface area contributed by atoms with Gasteiger partial charge in [-0.1, -0.05) is 0 Å². The van der Waals surface area contributed by atoms with Gasteiger partial charge in [0.1, 0.15) is 5.82 Å². The SMILES string of the molecule is Cc1[nH]ncc1C(=O)NC1CN(c2nc(C3CC3)ns2)CC2(CC2)C1. The Morgan fingerprint density at radius 1 is 1.44 bits per heavy atom. The van der Waals surface area contributed by atoms with Crippen LogP contribution in [-0.2, 0) is 0 Å². The Kier molecular flexibility index (Phi) is 3.38. The van der Waals surface area contributed by atoms with Crippen LogP contribution in [0.5, 0.6) is 0 Å². The van der Waals surface area contributed by atoms with E-state index in [4.69, 9.17) is 4.98 Å². The van der Waals surface area contributed by atoms with Gasteiger partial charge in [0.15, 0.2) is 0 Å². The third-order valence-corrected chi connectivity index (χ3v) is 6.45. The van der Waals surface area contributed by atoms with E-state index in [0.29, 0.717) is 16.9 Å². The first-order valence-electron chi connectivity index (χ1n) is 9.01. The van der Waals surface area contributed by atoms with Crippen LogP contribution < -0.4 is 10.2 Å². The summed E-state index contributed by atoms with van der Waals surface area (Å²) >= 11 is 1.51. The minimum absolute atomic E-state index is 0.0372. The van der Waals surface area contributed by atoms with Crippen LogP contribution >= 0.6 is 11.5 Å². The molecule has 1 saturated heterocycles. The molecule has 5 rings (SSSR count). The van der Waals surface area contributed by atoms with Crippen molar-refractivity contribution in [2.24, 2.45) is 5.41 Å². The standard InChI is InChI=1S/C17H22N6OS/c1-10-13(7-18-21-10)15(24)19-12-6-17(4-5-17)9-23(8-12)16-20-14(22-25-16)11-2-3-11/h7,11-12H,2-6,8-9H2,1H3,(H,18,21)(H,19,24). The van der Waals surface area contributed by atoms with Gasteiger partial charge in [0, 0.05) is 42.3 Å². The molecule has 2 aliphatic carbocycles. The molecule has 2 saturated carbocycles. The maximum atomic E-state index is 12.6. The van der Waals surface area contributed by atoms with Crippen LogP contribution in [0.2, 0.25) is 0 Å². The Hall–Kier alpha value is -1.96. The molecule has 2 aromatic heterocycles. The van der Waals surface area contributed by atoms with E-state index in [9.17, 15) is 4.79 Å². The monoisotopic (exact) mass is 358 g/mol. The Morgan fingerprint density at radius 3 is 2.96 bits per heavy atom. The van der Waals surface area contributed by atoms with E-state index in [0.717, 1.165) is 36.2 Å². The highest BCUT2D eigenvalue weighted by Crippen LogP contribution is 2.53. The van der Waals surface area contributed by atoms with Gasteiger partial charge in [0.2, 0.25) is 5.13 Å². The second-order valence-electron chi connectivity index (χ2n) is 7.87. The van der Waals surface area contributed by atoms with Crippen molar-refractivity contribution >= 4 is 22.6 Å². The predicted octanol–water partition coefficient (Wildman–Crippen LogP) is 2.24. The van der Waals surface area contributed by atoms with E-state index in [1.807, 2.05) is 6.92 Å². The molecular formula is C17H22N6OS. The highest BCUT2D eigenvalue weighted by Gasteiger charge is 2.49. The van der Waals surface area contributed by atoms with Crippen molar-refractivity contribution in [1.82, 2.24) is 24.9 Å². The van der Waals surface area contributed by atoms with Gasteiger partial charge in [-0.05, 0) is 44.4 Å². The van der Waals surface area contributed by atoms with Crippen LogP contribution in [0.25, 0.3) is 0 Å². The fourth-order valence-corrected chi connectivity index (χ4v) is 4.63. The van der Waals surface area contributed by atoms with Gasteiger partial charge in [-0.25, -0.2) is 4.98 Å². The maximum absolute atomic E-state index is 12.6. The molecule has 3 heterocycles. The van der Waals surface area contributed by atoms with Crippen molar-refractivity contribution in [1.29, 1.82) is 0 Å². The highest BCUT2D eigenvalue weighted by molar-refractivity contribution is 7.09. The molecule has 7 nitrogen and oxygen atoms in total. The summed E-state index contributed by atoms with van der Waals surface area (Å²) in [5.74, 6) is 1.57. The quantitative estimate of drug-likeness (QED) is 0.875. The van der Waals surface area contributed by atoms with E-state index < -0.39 is 0 Å². The lowest BCUT2D eigenvalue weighted by molar-refractivity contribution is 0.0925. The number of carbonyl (C=O) groups excluding carboxylic acids is 1. The Bertz CT molecular complexity index is 806. The third kappa shape index (κ3) is 2.92. The molecule has 1 unspecified atom stereocenters. The number of nitrogens with one attached hydrogen (secondary N) is 2. The van der Waals surface area contributed by atoms with Crippen molar-refractivity contribution < 1.29 is 4.79 Å².